The molecule has 166 valence electrons. The van der Waals surface area contributed by atoms with Gasteiger partial charge in [0.05, 0.1) is 24.2 Å². The van der Waals surface area contributed by atoms with Gasteiger partial charge in [0.15, 0.2) is 0 Å². The number of anilines is 2. The Labute approximate surface area is 196 Å². The van der Waals surface area contributed by atoms with Crippen molar-refractivity contribution in [1.29, 1.82) is 0 Å². The number of rotatable bonds is 6. The number of amides is 3. The van der Waals surface area contributed by atoms with E-state index in [0.717, 1.165) is 33.9 Å². The summed E-state index contributed by atoms with van der Waals surface area (Å²) in [5.41, 5.74) is 3.11. The molecule has 1 heterocycles. The van der Waals surface area contributed by atoms with Crippen LogP contribution >= 0.6 is 11.8 Å². The zero-order chi connectivity index (χ0) is 22.8. The van der Waals surface area contributed by atoms with E-state index in [1.54, 1.807) is 0 Å². The predicted molar refractivity (Wildman–Crippen MR) is 129 cm³/mol. The average Bonchev–Trinajstić information content (AvgIpc) is 3.66. The third-order valence-electron chi connectivity index (χ3n) is 5.62. The minimum atomic E-state index is -0.300. The van der Waals surface area contributed by atoms with Crippen LogP contribution in [0.4, 0.5) is 11.4 Å². The second kappa shape index (κ2) is 9.11. The van der Waals surface area contributed by atoms with E-state index in [0.29, 0.717) is 11.3 Å². The summed E-state index contributed by atoms with van der Waals surface area (Å²) in [6, 6.07) is 22.9. The molecule has 2 aliphatic rings. The lowest BCUT2D eigenvalue weighted by molar-refractivity contribution is -0.123. The van der Waals surface area contributed by atoms with Crippen molar-refractivity contribution in [3.63, 3.8) is 0 Å². The van der Waals surface area contributed by atoms with Crippen LogP contribution in [-0.2, 0) is 16.0 Å². The first-order valence-corrected chi connectivity index (χ1v) is 11.7. The van der Waals surface area contributed by atoms with Crippen molar-refractivity contribution < 1.29 is 14.4 Å². The monoisotopic (exact) mass is 457 g/mol. The van der Waals surface area contributed by atoms with Gasteiger partial charge in [-0.15, -0.1) is 0 Å². The van der Waals surface area contributed by atoms with Gasteiger partial charge in [-0.1, -0.05) is 54.2 Å². The van der Waals surface area contributed by atoms with Crippen molar-refractivity contribution in [2.75, 3.05) is 16.8 Å². The van der Waals surface area contributed by atoms with E-state index in [1.165, 1.54) is 11.8 Å². The molecule has 1 fully saturated rings. The smallest absolute Gasteiger partial charge is 0.259 e. The number of hydrogen-bond acceptors (Lipinski definition) is 4. The summed E-state index contributed by atoms with van der Waals surface area (Å²) in [6.07, 6.45) is 2.23. The van der Waals surface area contributed by atoms with E-state index in [9.17, 15) is 14.4 Å². The van der Waals surface area contributed by atoms with Crippen LogP contribution in [0.2, 0.25) is 0 Å². The Morgan fingerprint density at radius 2 is 1.67 bits per heavy atom. The summed E-state index contributed by atoms with van der Waals surface area (Å²) in [4.78, 5) is 41.5. The molecule has 0 spiro atoms. The number of carbonyl (C=O) groups is 3. The minimum absolute atomic E-state index is 0.0252. The van der Waals surface area contributed by atoms with Crippen molar-refractivity contribution in [3.8, 4) is 0 Å². The van der Waals surface area contributed by atoms with Crippen molar-refractivity contribution in [2.45, 2.75) is 35.1 Å². The van der Waals surface area contributed by atoms with E-state index >= 15 is 0 Å². The first-order valence-electron chi connectivity index (χ1n) is 10.9. The maximum Gasteiger partial charge on any atom is 0.259 e. The zero-order valence-electron chi connectivity index (χ0n) is 17.9. The van der Waals surface area contributed by atoms with E-state index in [4.69, 9.17) is 0 Å². The van der Waals surface area contributed by atoms with Crippen molar-refractivity contribution in [1.82, 2.24) is 5.32 Å². The molecule has 3 aromatic rings. The summed E-state index contributed by atoms with van der Waals surface area (Å²) in [5, 5.41) is 5.52. The van der Waals surface area contributed by atoms with Gasteiger partial charge in [-0.25, -0.2) is 0 Å². The molecule has 0 bridgehead atoms. The van der Waals surface area contributed by atoms with Crippen LogP contribution in [0.5, 0.6) is 0 Å². The van der Waals surface area contributed by atoms with Gasteiger partial charge < -0.3 is 15.5 Å². The summed E-state index contributed by atoms with van der Waals surface area (Å²) in [5.74, 6) is -0.480. The van der Waals surface area contributed by atoms with E-state index in [-0.39, 0.29) is 36.7 Å². The van der Waals surface area contributed by atoms with Crippen molar-refractivity contribution >= 4 is 40.9 Å². The van der Waals surface area contributed by atoms with Crippen LogP contribution in [0, 0.1) is 0 Å². The van der Waals surface area contributed by atoms with Gasteiger partial charge in [-0.05, 0) is 48.7 Å². The lowest BCUT2D eigenvalue weighted by Crippen LogP contribution is -2.34. The van der Waals surface area contributed by atoms with Crippen LogP contribution in [0.3, 0.4) is 0 Å². The third-order valence-corrected chi connectivity index (χ3v) is 6.75. The highest BCUT2D eigenvalue weighted by Gasteiger charge is 2.38. The third kappa shape index (κ3) is 4.78. The lowest BCUT2D eigenvalue weighted by atomic mass is 10.1. The number of hydrogen-bond donors (Lipinski definition) is 2. The molecule has 0 aromatic heterocycles. The molecule has 0 saturated heterocycles. The Morgan fingerprint density at radius 1 is 0.909 bits per heavy atom. The average molecular weight is 458 g/mol. The second-order valence-corrected chi connectivity index (χ2v) is 9.26. The Balaban J connectivity index is 1.28. The van der Waals surface area contributed by atoms with Crippen LogP contribution in [0.25, 0.3) is 0 Å². The zero-order valence-corrected chi connectivity index (χ0v) is 18.7. The fourth-order valence-electron chi connectivity index (χ4n) is 3.89. The maximum atomic E-state index is 13.2. The van der Waals surface area contributed by atoms with Crippen molar-refractivity contribution in [2.24, 2.45) is 0 Å². The van der Waals surface area contributed by atoms with Crippen LogP contribution < -0.4 is 15.5 Å². The van der Waals surface area contributed by atoms with Gasteiger partial charge in [0.25, 0.3) is 5.91 Å². The molecule has 1 saturated carbocycles. The topological polar surface area (TPSA) is 78.5 Å². The van der Waals surface area contributed by atoms with Gasteiger partial charge >= 0.3 is 0 Å². The van der Waals surface area contributed by atoms with Crippen LogP contribution in [0.1, 0.15) is 28.8 Å². The maximum absolute atomic E-state index is 13.2. The first-order chi connectivity index (χ1) is 16.1. The highest BCUT2D eigenvalue weighted by atomic mass is 32.2. The molecule has 7 heteroatoms. The lowest BCUT2D eigenvalue weighted by Gasteiger charge is -2.23. The molecular formula is C26H23N3O3S. The molecule has 33 heavy (non-hydrogen) atoms. The van der Waals surface area contributed by atoms with Crippen LogP contribution in [0.15, 0.2) is 82.6 Å². The second-order valence-electron chi connectivity index (χ2n) is 8.17. The van der Waals surface area contributed by atoms with Gasteiger partial charge in [-0.2, -0.15) is 0 Å². The molecule has 6 nitrogen and oxygen atoms in total. The highest BCUT2D eigenvalue weighted by molar-refractivity contribution is 7.99. The molecule has 2 N–H and O–H groups in total. The minimum Gasteiger partial charge on any atom is -0.347 e. The van der Waals surface area contributed by atoms with E-state index in [1.807, 2.05) is 77.7 Å². The first kappa shape index (κ1) is 21.3. The molecule has 0 unspecified atom stereocenters. The molecular weight excluding hydrogens is 434 g/mol. The number of nitrogens with zero attached hydrogens (tertiary/aromatic N) is 1. The fourth-order valence-corrected chi connectivity index (χ4v) is 4.99. The number of nitrogens with one attached hydrogen (secondary N) is 2. The summed E-state index contributed by atoms with van der Waals surface area (Å²) >= 11 is 1.53. The molecule has 1 aliphatic heterocycles. The quantitative estimate of drug-likeness (QED) is 0.580. The molecule has 1 aliphatic carbocycles. The molecule has 0 radical (unpaired) electrons. The van der Waals surface area contributed by atoms with Gasteiger partial charge in [0.2, 0.25) is 11.8 Å². The molecule has 3 amide bonds. The fraction of sp³-hybridized carbons (Fsp3) is 0.192. The Hall–Kier alpha value is -3.58. The number of fused-ring (bicyclic) bond motifs is 2. The molecule has 5 rings (SSSR count). The molecule has 0 atom stereocenters. The Morgan fingerprint density at radius 3 is 2.45 bits per heavy atom. The number of benzene rings is 3. The van der Waals surface area contributed by atoms with E-state index < -0.39 is 0 Å². The van der Waals surface area contributed by atoms with Gasteiger partial charge in [0.1, 0.15) is 0 Å². The highest BCUT2D eigenvalue weighted by Crippen LogP contribution is 2.46. The number of carbonyl (C=O) groups excluding carboxylic acids is 3. The van der Waals surface area contributed by atoms with Crippen LogP contribution in [-0.4, -0.2) is 30.3 Å². The van der Waals surface area contributed by atoms with Gasteiger partial charge in [0, 0.05) is 21.5 Å². The summed E-state index contributed by atoms with van der Waals surface area (Å²) < 4.78 is 0. The van der Waals surface area contributed by atoms with E-state index in [2.05, 4.69) is 10.6 Å². The standard InChI is InChI=1S/C26H23N3O3S/c30-24(14-17-6-2-1-3-7-17)27-16-25(31)28-18-10-13-21-23(15-18)33-22-9-5-4-8-20(22)26(32)29(21)19-11-12-19/h1-10,13,15,19H,11-12,14,16H2,(H,27,30)(H,28,31). The summed E-state index contributed by atoms with van der Waals surface area (Å²) in [7, 11) is 0. The molecule has 3 aromatic carbocycles. The van der Waals surface area contributed by atoms with Crippen molar-refractivity contribution in [3.05, 3.63) is 83.9 Å². The largest absolute Gasteiger partial charge is 0.347 e. The Bertz CT molecular complexity index is 1220. The normalized spacial score (nSPS) is 14.7. The Kier molecular flexibility index (Phi) is 5.88. The SMILES string of the molecule is O=C(Cc1ccccc1)NCC(=O)Nc1ccc2c(c1)Sc1ccccc1C(=O)N2C1CC1. The predicted octanol–water partition coefficient (Wildman–Crippen LogP) is 4.26. The summed E-state index contributed by atoms with van der Waals surface area (Å²) in [6.45, 7) is -0.106. The van der Waals surface area contributed by atoms with Gasteiger partial charge in [-0.3, -0.25) is 14.4 Å².